The number of carbonyl (C=O) groups excluding carboxylic acids is 2. The van der Waals surface area contributed by atoms with Gasteiger partial charge in [-0.15, -0.1) is 0 Å². The molecule has 3 atom stereocenters. The molecule has 0 spiro atoms. The first-order chi connectivity index (χ1) is 19.7. The smallest absolute Gasteiger partial charge is 0.410 e. The summed E-state index contributed by atoms with van der Waals surface area (Å²) >= 11 is 0. The molecule has 216 valence electrons. The van der Waals surface area contributed by atoms with Gasteiger partial charge in [-0.1, -0.05) is 72.8 Å². The van der Waals surface area contributed by atoms with Crippen LogP contribution in [0.2, 0.25) is 0 Å². The number of piperidine rings is 1. The van der Waals surface area contributed by atoms with Crippen LogP contribution in [-0.4, -0.2) is 55.1 Å². The molecule has 2 aliphatic rings. The van der Waals surface area contributed by atoms with Gasteiger partial charge in [0.15, 0.2) is 0 Å². The quantitative estimate of drug-likeness (QED) is 0.385. The summed E-state index contributed by atoms with van der Waals surface area (Å²) in [5.74, 6) is 0.444. The molecule has 0 aliphatic carbocycles. The molecule has 3 aromatic rings. The molecular formula is C33H38N2O6. The SMILES string of the molecule is CC(C)(C)OC(=O)N1CC2COCC(C1)C2OC(=O)NC(c1ccccc1)c1cccc(OCc2ccccc2)c1. The molecule has 1 N–H and O–H groups in total. The Hall–Kier alpha value is -4.04. The average molecular weight is 559 g/mol. The highest BCUT2D eigenvalue weighted by molar-refractivity contribution is 5.70. The molecule has 2 saturated heterocycles. The van der Waals surface area contributed by atoms with Crippen LogP contribution in [0.25, 0.3) is 0 Å². The second-order valence-electron chi connectivity index (χ2n) is 11.6. The average Bonchev–Trinajstić information content (AvgIpc) is 2.95. The molecule has 3 aromatic carbocycles. The summed E-state index contributed by atoms with van der Waals surface area (Å²) in [6.45, 7) is 7.64. The number of benzene rings is 3. The van der Waals surface area contributed by atoms with E-state index in [1.807, 2.05) is 106 Å². The third-order valence-electron chi connectivity index (χ3n) is 7.23. The molecule has 2 amide bonds. The van der Waals surface area contributed by atoms with Crippen molar-refractivity contribution in [2.45, 2.75) is 45.1 Å². The van der Waals surface area contributed by atoms with E-state index in [0.717, 1.165) is 16.7 Å². The van der Waals surface area contributed by atoms with E-state index in [1.165, 1.54) is 0 Å². The van der Waals surface area contributed by atoms with E-state index in [2.05, 4.69) is 5.32 Å². The Bertz CT molecular complexity index is 1300. The Morgan fingerprint density at radius 2 is 1.54 bits per heavy atom. The number of nitrogens with zero attached hydrogens (tertiary/aromatic N) is 1. The molecule has 0 aromatic heterocycles. The second-order valence-corrected chi connectivity index (χ2v) is 11.6. The number of hydrogen-bond acceptors (Lipinski definition) is 6. The zero-order valence-corrected chi connectivity index (χ0v) is 23.8. The van der Waals surface area contributed by atoms with Crippen molar-refractivity contribution in [3.63, 3.8) is 0 Å². The molecule has 8 heteroatoms. The van der Waals surface area contributed by atoms with Crippen molar-refractivity contribution in [2.24, 2.45) is 11.8 Å². The van der Waals surface area contributed by atoms with E-state index in [0.29, 0.717) is 38.7 Å². The highest BCUT2D eigenvalue weighted by Gasteiger charge is 2.45. The summed E-state index contributed by atoms with van der Waals surface area (Å²) in [6, 6.07) is 27.1. The lowest BCUT2D eigenvalue weighted by Crippen LogP contribution is -2.59. The Balaban J connectivity index is 1.28. The molecule has 5 rings (SSSR count). The number of nitrogens with one attached hydrogen (secondary N) is 1. The van der Waals surface area contributed by atoms with Crippen LogP contribution in [0.3, 0.4) is 0 Å². The molecule has 2 bridgehead atoms. The number of hydrogen-bond donors (Lipinski definition) is 1. The molecule has 0 saturated carbocycles. The first-order valence-electron chi connectivity index (χ1n) is 14.1. The summed E-state index contributed by atoms with van der Waals surface area (Å²) in [5, 5.41) is 3.09. The Labute approximate surface area is 241 Å². The van der Waals surface area contributed by atoms with Crippen LogP contribution in [0.1, 0.15) is 43.5 Å². The second kappa shape index (κ2) is 12.6. The molecular weight excluding hydrogens is 520 g/mol. The van der Waals surface area contributed by atoms with E-state index in [4.69, 9.17) is 18.9 Å². The van der Waals surface area contributed by atoms with E-state index in [1.54, 1.807) is 4.90 Å². The standard InChI is InChI=1S/C33H38N2O6/c1-33(2,3)41-32(37)35-18-26-21-38-22-27(19-35)30(26)40-31(36)34-29(24-13-8-5-9-14-24)25-15-10-16-28(17-25)39-20-23-11-6-4-7-12-23/h4-17,26-27,29-30H,18-22H2,1-3H3,(H,34,36). The highest BCUT2D eigenvalue weighted by Crippen LogP contribution is 2.32. The van der Waals surface area contributed by atoms with Gasteiger partial charge in [0.25, 0.3) is 0 Å². The molecule has 3 unspecified atom stereocenters. The number of rotatable bonds is 7. The van der Waals surface area contributed by atoms with Crippen LogP contribution in [0.4, 0.5) is 9.59 Å². The highest BCUT2D eigenvalue weighted by atomic mass is 16.6. The van der Waals surface area contributed by atoms with Crippen LogP contribution < -0.4 is 10.1 Å². The van der Waals surface area contributed by atoms with Gasteiger partial charge in [0, 0.05) is 24.9 Å². The minimum atomic E-state index is -0.577. The van der Waals surface area contributed by atoms with E-state index >= 15 is 0 Å². The normalized spacial score (nSPS) is 21.0. The van der Waals surface area contributed by atoms with Crippen molar-refractivity contribution in [3.8, 4) is 5.75 Å². The maximum atomic E-state index is 13.4. The summed E-state index contributed by atoms with van der Waals surface area (Å²) < 4.78 is 23.4. The monoisotopic (exact) mass is 558 g/mol. The fraction of sp³-hybridized carbons (Fsp3) is 0.394. The van der Waals surface area contributed by atoms with Gasteiger partial charge in [0.2, 0.25) is 0 Å². The van der Waals surface area contributed by atoms with Crippen molar-refractivity contribution in [1.82, 2.24) is 10.2 Å². The fourth-order valence-corrected chi connectivity index (χ4v) is 5.37. The van der Waals surface area contributed by atoms with Gasteiger partial charge in [0.05, 0.1) is 19.3 Å². The van der Waals surface area contributed by atoms with Crippen LogP contribution in [-0.2, 0) is 20.8 Å². The van der Waals surface area contributed by atoms with Crippen molar-refractivity contribution >= 4 is 12.2 Å². The van der Waals surface area contributed by atoms with E-state index in [-0.39, 0.29) is 24.0 Å². The van der Waals surface area contributed by atoms with Crippen LogP contribution >= 0.6 is 0 Å². The van der Waals surface area contributed by atoms with Crippen molar-refractivity contribution < 1.29 is 28.5 Å². The first kappa shape index (κ1) is 28.5. The predicted octanol–water partition coefficient (Wildman–Crippen LogP) is 5.96. The molecule has 2 heterocycles. The number of alkyl carbamates (subject to hydrolysis) is 1. The number of ether oxygens (including phenoxy) is 4. The van der Waals surface area contributed by atoms with Crippen LogP contribution in [0.15, 0.2) is 84.9 Å². The largest absolute Gasteiger partial charge is 0.489 e. The zero-order chi connectivity index (χ0) is 28.8. The maximum Gasteiger partial charge on any atom is 0.410 e. The van der Waals surface area contributed by atoms with Gasteiger partial charge in [-0.2, -0.15) is 0 Å². The Morgan fingerprint density at radius 1 is 0.902 bits per heavy atom. The lowest BCUT2D eigenvalue weighted by atomic mass is 9.85. The van der Waals surface area contributed by atoms with Crippen molar-refractivity contribution in [1.29, 1.82) is 0 Å². The third-order valence-corrected chi connectivity index (χ3v) is 7.23. The Kier molecular flexibility index (Phi) is 8.78. The number of amides is 2. The van der Waals surface area contributed by atoms with Gasteiger partial charge in [-0.05, 0) is 49.6 Å². The van der Waals surface area contributed by atoms with Gasteiger partial charge in [-0.25, -0.2) is 9.59 Å². The topological polar surface area (TPSA) is 86.3 Å². The minimum absolute atomic E-state index is 0.134. The maximum absolute atomic E-state index is 13.4. The summed E-state index contributed by atoms with van der Waals surface area (Å²) in [4.78, 5) is 27.8. The van der Waals surface area contributed by atoms with E-state index < -0.39 is 17.7 Å². The van der Waals surface area contributed by atoms with Gasteiger partial charge in [-0.3, -0.25) is 0 Å². The van der Waals surface area contributed by atoms with Gasteiger partial charge >= 0.3 is 12.2 Å². The third kappa shape index (κ3) is 7.58. The molecule has 8 nitrogen and oxygen atoms in total. The predicted molar refractivity (Wildman–Crippen MR) is 155 cm³/mol. The van der Waals surface area contributed by atoms with Crippen LogP contribution in [0.5, 0.6) is 5.75 Å². The number of carbonyl (C=O) groups is 2. The lowest BCUT2D eigenvalue weighted by molar-refractivity contribution is -0.124. The van der Waals surface area contributed by atoms with Gasteiger partial charge in [0.1, 0.15) is 24.1 Å². The number of likely N-dealkylation sites (tertiary alicyclic amines) is 1. The summed E-state index contributed by atoms with van der Waals surface area (Å²) in [6.07, 6.45) is -1.22. The number of fused-ring (bicyclic) bond motifs is 2. The van der Waals surface area contributed by atoms with Crippen molar-refractivity contribution in [2.75, 3.05) is 26.3 Å². The van der Waals surface area contributed by atoms with Crippen molar-refractivity contribution in [3.05, 3.63) is 102 Å². The zero-order valence-electron chi connectivity index (χ0n) is 23.8. The molecule has 2 aliphatic heterocycles. The summed E-state index contributed by atoms with van der Waals surface area (Å²) in [7, 11) is 0. The molecule has 41 heavy (non-hydrogen) atoms. The lowest BCUT2D eigenvalue weighted by Gasteiger charge is -2.46. The van der Waals surface area contributed by atoms with E-state index in [9.17, 15) is 9.59 Å². The van der Waals surface area contributed by atoms with Crippen LogP contribution in [0, 0.1) is 11.8 Å². The first-order valence-corrected chi connectivity index (χ1v) is 14.1. The Morgan fingerprint density at radius 3 is 2.20 bits per heavy atom. The fourth-order valence-electron chi connectivity index (χ4n) is 5.37. The van der Waals surface area contributed by atoms with Gasteiger partial charge < -0.3 is 29.2 Å². The minimum Gasteiger partial charge on any atom is -0.489 e. The summed E-state index contributed by atoms with van der Waals surface area (Å²) in [5.41, 5.74) is 2.30. The molecule has 0 radical (unpaired) electrons. The molecule has 2 fully saturated rings.